The zero-order valence-corrected chi connectivity index (χ0v) is 12.2. The van der Waals surface area contributed by atoms with Crippen LogP contribution in [0.25, 0.3) is 0 Å². The van der Waals surface area contributed by atoms with Gasteiger partial charge in [-0.1, -0.05) is 70.8 Å². The van der Waals surface area contributed by atoms with Crippen LogP contribution in [0.1, 0.15) is 84.5 Å². The topological polar surface area (TPSA) is 37.3 Å². The van der Waals surface area contributed by atoms with E-state index < -0.39 is 5.97 Å². The second kappa shape index (κ2) is 12.7. The van der Waals surface area contributed by atoms with Crippen LogP contribution in [-0.2, 0) is 4.79 Å². The van der Waals surface area contributed by atoms with Crippen LogP contribution in [0.15, 0.2) is 11.6 Å². The van der Waals surface area contributed by atoms with Crippen LogP contribution in [0.4, 0.5) is 0 Å². The molecule has 0 heterocycles. The van der Waals surface area contributed by atoms with Crippen molar-refractivity contribution in [2.75, 3.05) is 0 Å². The molecule has 2 nitrogen and oxygen atoms in total. The van der Waals surface area contributed by atoms with Crippen LogP contribution in [-0.4, -0.2) is 11.1 Å². The number of unbranched alkanes of at least 4 members (excludes halogenated alkanes) is 9. The number of hydrogen-bond donors (Lipinski definition) is 1. The lowest BCUT2D eigenvalue weighted by atomic mass is 10.0. The number of carboxylic acids is 1. The maximum Gasteiger partial charge on any atom is 0.331 e. The van der Waals surface area contributed by atoms with Gasteiger partial charge in [-0.2, -0.15) is 0 Å². The Hall–Kier alpha value is -0.790. The van der Waals surface area contributed by atoms with Gasteiger partial charge in [0, 0.05) is 5.57 Å². The van der Waals surface area contributed by atoms with E-state index in [-0.39, 0.29) is 0 Å². The molecule has 0 amide bonds. The second-order valence-electron chi connectivity index (χ2n) is 5.05. The molecule has 0 saturated heterocycles. The standard InChI is InChI=1S/C16H30O2/c1-3-5-6-7-8-9-10-11-12-13-14-15(4-2)16(17)18/h4H,3,5-14H2,1-2H3,(H,17,18)/b15-4+. The maximum absolute atomic E-state index is 10.8. The molecule has 0 aromatic heterocycles. The fourth-order valence-electron chi connectivity index (χ4n) is 2.18. The zero-order valence-electron chi connectivity index (χ0n) is 12.2. The first-order valence-corrected chi connectivity index (χ1v) is 7.60. The predicted molar refractivity (Wildman–Crippen MR) is 77.9 cm³/mol. The van der Waals surface area contributed by atoms with E-state index in [9.17, 15) is 4.79 Å². The summed E-state index contributed by atoms with van der Waals surface area (Å²) < 4.78 is 0. The van der Waals surface area contributed by atoms with E-state index in [2.05, 4.69) is 6.92 Å². The third-order valence-corrected chi connectivity index (χ3v) is 3.42. The quantitative estimate of drug-likeness (QED) is 0.377. The highest BCUT2D eigenvalue weighted by Gasteiger charge is 2.04. The van der Waals surface area contributed by atoms with Crippen molar-refractivity contribution < 1.29 is 9.90 Å². The highest BCUT2D eigenvalue weighted by molar-refractivity contribution is 5.86. The Kier molecular flexibility index (Phi) is 12.1. The molecule has 0 rings (SSSR count). The van der Waals surface area contributed by atoms with Crippen LogP contribution in [0.5, 0.6) is 0 Å². The molecule has 0 atom stereocenters. The van der Waals surface area contributed by atoms with Gasteiger partial charge in [0.05, 0.1) is 0 Å². The summed E-state index contributed by atoms with van der Waals surface area (Å²) in [6.45, 7) is 4.05. The molecule has 0 aromatic carbocycles. The molecule has 0 aliphatic rings. The highest BCUT2D eigenvalue weighted by atomic mass is 16.4. The smallest absolute Gasteiger partial charge is 0.331 e. The Morgan fingerprint density at radius 3 is 1.72 bits per heavy atom. The number of allylic oxidation sites excluding steroid dienone is 1. The van der Waals surface area contributed by atoms with Gasteiger partial charge in [-0.25, -0.2) is 4.79 Å². The first-order valence-electron chi connectivity index (χ1n) is 7.60. The number of carboxylic acid groups (broad SMARTS) is 1. The Morgan fingerprint density at radius 1 is 0.889 bits per heavy atom. The summed E-state index contributed by atoms with van der Waals surface area (Å²) in [6, 6.07) is 0. The number of aliphatic carboxylic acids is 1. The molecule has 0 bridgehead atoms. The zero-order chi connectivity index (χ0) is 13.6. The highest BCUT2D eigenvalue weighted by Crippen LogP contribution is 2.13. The number of hydrogen-bond acceptors (Lipinski definition) is 1. The molecule has 0 fully saturated rings. The van der Waals surface area contributed by atoms with Gasteiger partial charge in [-0.05, 0) is 19.8 Å². The summed E-state index contributed by atoms with van der Waals surface area (Å²) in [5, 5.41) is 8.85. The average molecular weight is 254 g/mol. The normalized spacial score (nSPS) is 11.8. The fraction of sp³-hybridized carbons (Fsp3) is 0.812. The van der Waals surface area contributed by atoms with Crippen LogP contribution < -0.4 is 0 Å². The second-order valence-corrected chi connectivity index (χ2v) is 5.05. The van der Waals surface area contributed by atoms with Crippen molar-refractivity contribution in [3.05, 3.63) is 11.6 Å². The first-order chi connectivity index (χ1) is 8.72. The molecular weight excluding hydrogens is 224 g/mol. The Morgan fingerprint density at radius 2 is 1.33 bits per heavy atom. The van der Waals surface area contributed by atoms with Gasteiger partial charge in [0.2, 0.25) is 0 Å². The van der Waals surface area contributed by atoms with Crippen molar-refractivity contribution in [3.8, 4) is 0 Å². The van der Waals surface area contributed by atoms with Gasteiger partial charge in [0.25, 0.3) is 0 Å². The Balaban J connectivity index is 3.23. The predicted octanol–water partition coefficient (Wildman–Crippen LogP) is 5.33. The summed E-state index contributed by atoms with van der Waals surface area (Å²) in [7, 11) is 0. The molecule has 18 heavy (non-hydrogen) atoms. The molecule has 0 spiro atoms. The summed E-state index contributed by atoms with van der Waals surface area (Å²) in [4.78, 5) is 10.8. The lowest BCUT2D eigenvalue weighted by molar-refractivity contribution is -0.132. The van der Waals surface area contributed by atoms with E-state index in [0.29, 0.717) is 5.57 Å². The van der Waals surface area contributed by atoms with Crippen LogP contribution in [0, 0.1) is 0 Å². The molecule has 0 unspecified atom stereocenters. The summed E-state index contributed by atoms with van der Waals surface area (Å²) >= 11 is 0. The monoisotopic (exact) mass is 254 g/mol. The summed E-state index contributed by atoms with van der Waals surface area (Å²) in [6.07, 6.45) is 15.4. The minimum atomic E-state index is -0.756. The Bertz CT molecular complexity index is 231. The van der Waals surface area contributed by atoms with Gasteiger partial charge in [0.1, 0.15) is 0 Å². The molecule has 0 radical (unpaired) electrons. The lowest BCUT2D eigenvalue weighted by Gasteiger charge is -2.03. The summed E-state index contributed by atoms with van der Waals surface area (Å²) in [5.41, 5.74) is 0.564. The van der Waals surface area contributed by atoms with Gasteiger partial charge in [-0.15, -0.1) is 0 Å². The molecule has 106 valence electrons. The minimum Gasteiger partial charge on any atom is -0.478 e. The van der Waals surface area contributed by atoms with Gasteiger partial charge in [-0.3, -0.25) is 0 Å². The van der Waals surface area contributed by atoms with E-state index in [4.69, 9.17) is 5.11 Å². The molecule has 0 aliphatic heterocycles. The number of rotatable bonds is 12. The molecular formula is C16H30O2. The van der Waals surface area contributed by atoms with Crippen molar-refractivity contribution in [3.63, 3.8) is 0 Å². The largest absolute Gasteiger partial charge is 0.478 e. The van der Waals surface area contributed by atoms with Crippen molar-refractivity contribution in [1.82, 2.24) is 0 Å². The molecule has 1 N–H and O–H groups in total. The van der Waals surface area contributed by atoms with Crippen molar-refractivity contribution in [1.29, 1.82) is 0 Å². The van der Waals surface area contributed by atoms with Crippen LogP contribution >= 0.6 is 0 Å². The Labute approximate surface area is 112 Å². The van der Waals surface area contributed by atoms with Crippen LogP contribution in [0.3, 0.4) is 0 Å². The van der Waals surface area contributed by atoms with E-state index in [1.807, 2.05) is 0 Å². The van der Waals surface area contributed by atoms with Crippen molar-refractivity contribution in [2.24, 2.45) is 0 Å². The molecule has 0 saturated carbocycles. The van der Waals surface area contributed by atoms with Gasteiger partial charge in [0.15, 0.2) is 0 Å². The lowest BCUT2D eigenvalue weighted by Crippen LogP contribution is -1.99. The maximum atomic E-state index is 10.8. The SMILES string of the molecule is C/C=C(\CCCCCCCCCCCC)C(=O)O. The van der Waals surface area contributed by atoms with E-state index in [1.165, 1.54) is 57.8 Å². The van der Waals surface area contributed by atoms with Gasteiger partial charge >= 0.3 is 5.97 Å². The summed E-state index contributed by atoms with van der Waals surface area (Å²) in [5.74, 6) is -0.756. The van der Waals surface area contributed by atoms with Gasteiger partial charge < -0.3 is 5.11 Å². The average Bonchev–Trinajstić information content (AvgIpc) is 2.35. The molecule has 0 aromatic rings. The number of carbonyl (C=O) groups is 1. The molecule has 0 aliphatic carbocycles. The van der Waals surface area contributed by atoms with Crippen molar-refractivity contribution in [2.45, 2.75) is 84.5 Å². The molecule has 2 heteroatoms. The van der Waals surface area contributed by atoms with Crippen molar-refractivity contribution >= 4 is 5.97 Å². The van der Waals surface area contributed by atoms with E-state index in [1.54, 1.807) is 13.0 Å². The van der Waals surface area contributed by atoms with E-state index >= 15 is 0 Å². The third kappa shape index (κ3) is 10.4. The van der Waals surface area contributed by atoms with Crippen LogP contribution in [0.2, 0.25) is 0 Å². The minimum absolute atomic E-state index is 0.564. The fourth-order valence-corrected chi connectivity index (χ4v) is 2.18. The third-order valence-electron chi connectivity index (χ3n) is 3.42. The van der Waals surface area contributed by atoms with E-state index in [0.717, 1.165) is 12.8 Å². The first kappa shape index (κ1) is 17.2.